The van der Waals surface area contributed by atoms with Crippen LogP contribution in [0.25, 0.3) is 0 Å². The number of hydrogen-bond donors (Lipinski definition) is 3. The molecule has 0 aliphatic rings. The summed E-state index contributed by atoms with van der Waals surface area (Å²) in [6, 6.07) is 7.73. The molecule has 140 valence electrons. The van der Waals surface area contributed by atoms with Crippen LogP contribution >= 0.6 is 27.5 Å². The number of ether oxygens (including phenoxy) is 1. The fourth-order valence-corrected chi connectivity index (χ4v) is 3.90. The fraction of sp³-hybridized carbons (Fsp3) is 0.200. The normalized spacial score (nSPS) is 11.0. The van der Waals surface area contributed by atoms with Crippen molar-refractivity contribution < 1.29 is 23.1 Å². The topological polar surface area (TPSA) is 118 Å². The second-order valence-electron chi connectivity index (χ2n) is 5.01. The molecule has 0 aliphatic heterocycles. The van der Waals surface area contributed by atoms with Gasteiger partial charge < -0.3 is 15.2 Å². The Morgan fingerprint density at radius 1 is 1.35 bits per heavy atom. The summed E-state index contributed by atoms with van der Waals surface area (Å²) in [4.78, 5) is 14.0. The molecule has 2 aromatic rings. The molecule has 0 spiro atoms. The molecule has 3 N–H and O–H groups in total. The van der Waals surface area contributed by atoms with Crippen LogP contribution in [0.3, 0.4) is 0 Å². The third kappa shape index (κ3) is 6.04. The molecule has 1 heterocycles. The smallest absolute Gasteiger partial charge is 0.404 e. The van der Waals surface area contributed by atoms with E-state index in [1.807, 2.05) is 0 Å². The molecule has 0 saturated heterocycles. The van der Waals surface area contributed by atoms with Crippen molar-refractivity contribution in [2.75, 3.05) is 17.9 Å². The molecule has 8 nitrogen and oxygen atoms in total. The van der Waals surface area contributed by atoms with Gasteiger partial charge in [-0.1, -0.05) is 17.7 Å². The molecule has 0 radical (unpaired) electrons. The third-order valence-electron chi connectivity index (χ3n) is 3.02. The molecule has 1 aromatic carbocycles. The molecule has 1 amide bonds. The number of pyridine rings is 1. The van der Waals surface area contributed by atoms with Crippen LogP contribution in [0, 0.1) is 0 Å². The molecular weight excluding hydrogens is 450 g/mol. The number of halogens is 2. The van der Waals surface area contributed by atoms with E-state index in [1.54, 1.807) is 18.2 Å². The van der Waals surface area contributed by atoms with Crippen molar-refractivity contribution in [3.8, 4) is 5.75 Å². The molecule has 0 aliphatic carbocycles. The van der Waals surface area contributed by atoms with E-state index in [0.717, 1.165) is 0 Å². The summed E-state index contributed by atoms with van der Waals surface area (Å²) in [7, 11) is -3.93. The van der Waals surface area contributed by atoms with E-state index in [9.17, 15) is 13.2 Å². The summed E-state index contributed by atoms with van der Waals surface area (Å²) < 4.78 is 33.4. The van der Waals surface area contributed by atoms with Crippen LogP contribution in [0.2, 0.25) is 5.15 Å². The van der Waals surface area contributed by atoms with Crippen molar-refractivity contribution in [1.82, 2.24) is 10.3 Å². The Morgan fingerprint density at radius 2 is 2.12 bits per heavy atom. The highest BCUT2D eigenvalue weighted by Crippen LogP contribution is 2.26. The van der Waals surface area contributed by atoms with Gasteiger partial charge in [0.2, 0.25) is 0 Å². The number of hydrogen-bond acceptors (Lipinski definition) is 5. The Labute approximate surface area is 163 Å². The molecule has 26 heavy (non-hydrogen) atoms. The minimum Gasteiger partial charge on any atom is -0.493 e. The average Bonchev–Trinajstić information content (AvgIpc) is 2.56. The van der Waals surface area contributed by atoms with E-state index in [4.69, 9.17) is 21.4 Å². The van der Waals surface area contributed by atoms with Gasteiger partial charge in [0.1, 0.15) is 15.8 Å². The maximum Gasteiger partial charge on any atom is 0.404 e. The highest BCUT2D eigenvalue weighted by atomic mass is 79.9. The number of amides is 1. The van der Waals surface area contributed by atoms with Crippen LogP contribution < -0.4 is 14.8 Å². The first-order chi connectivity index (χ1) is 12.3. The lowest BCUT2D eigenvalue weighted by Crippen LogP contribution is -2.23. The van der Waals surface area contributed by atoms with Crippen molar-refractivity contribution in [2.24, 2.45) is 0 Å². The van der Waals surface area contributed by atoms with E-state index in [2.05, 4.69) is 31.0 Å². The zero-order valence-electron chi connectivity index (χ0n) is 13.3. The Bertz CT molecular complexity index is 895. The zero-order chi connectivity index (χ0) is 19.2. The summed E-state index contributed by atoms with van der Waals surface area (Å²) in [5, 5.41) is 10.6. The largest absolute Gasteiger partial charge is 0.493 e. The standard InChI is InChI=1S/C15H15BrClN3O5S/c16-10-7-13(14(17)19-9-10)26(23,24)20-11-3-1-4-12(8-11)25-6-2-5-18-15(21)22/h1,3-4,7-9,18,20H,2,5-6H2,(H,21,22). The number of aromatic nitrogens is 1. The SMILES string of the molecule is O=C(O)NCCCOc1cccc(NS(=O)(=O)c2cc(Br)cnc2Cl)c1. The van der Waals surface area contributed by atoms with Gasteiger partial charge in [0.25, 0.3) is 10.0 Å². The predicted molar refractivity (Wildman–Crippen MR) is 100 cm³/mol. The van der Waals surface area contributed by atoms with E-state index >= 15 is 0 Å². The Hall–Kier alpha value is -2.04. The summed E-state index contributed by atoms with van der Waals surface area (Å²) in [6.07, 6.45) is 0.776. The molecule has 0 atom stereocenters. The summed E-state index contributed by atoms with van der Waals surface area (Å²) >= 11 is 9.04. The first kappa shape index (κ1) is 20.3. The highest BCUT2D eigenvalue weighted by molar-refractivity contribution is 9.10. The number of anilines is 1. The minimum atomic E-state index is -3.93. The minimum absolute atomic E-state index is 0.140. The van der Waals surface area contributed by atoms with Crippen molar-refractivity contribution in [2.45, 2.75) is 11.3 Å². The maximum absolute atomic E-state index is 12.5. The maximum atomic E-state index is 12.5. The van der Waals surface area contributed by atoms with Crippen molar-refractivity contribution in [3.63, 3.8) is 0 Å². The molecule has 0 unspecified atom stereocenters. The first-order valence-electron chi connectivity index (χ1n) is 7.31. The number of carboxylic acid groups (broad SMARTS) is 1. The molecular formula is C15H15BrClN3O5S. The number of sulfonamides is 1. The Balaban J connectivity index is 2.03. The van der Waals surface area contributed by atoms with Gasteiger partial charge in [0, 0.05) is 23.3 Å². The van der Waals surface area contributed by atoms with E-state index < -0.39 is 16.1 Å². The number of benzene rings is 1. The first-order valence-corrected chi connectivity index (χ1v) is 9.97. The summed E-state index contributed by atoms with van der Waals surface area (Å²) in [5.41, 5.74) is 0.294. The van der Waals surface area contributed by atoms with Gasteiger partial charge in [-0.25, -0.2) is 18.2 Å². The summed E-state index contributed by atoms with van der Waals surface area (Å²) in [6.45, 7) is 0.536. The van der Waals surface area contributed by atoms with Gasteiger partial charge in [0.05, 0.1) is 12.3 Å². The molecule has 1 aromatic heterocycles. The van der Waals surface area contributed by atoms with E-state index in [1.165, 1.54) is 18.3 Å². The number of nitrogens with zero attached hydrogens (tertiary/aromatic N) is 1. The van der Waals surface area contributed by atoms with E-state index in [0.29, 0.717) is 22.3 Å². The monoisotopic (exact) mass is 463 g/mol. The van der Waals surface area contributed by atoms with Crippen molar-refractivity contribution in [3.05, 3.63) is 46.2 Å². The lowest BCUT2D eigenvalue weighted by Gasteiger charge is -2.11. The van der Waals surface area contributed by atoms with Gasteiger partial charge >= 0.3 is 6.09 Å². The number of rotatable bonds is 8. The van der Waals surface area contributed by atoms with Crippen molar-refractivity contribution in [1.29, 1.82) is 0 Å². The molecule has 11 heteroatoms. The fourth-order valence-electron chi connectivity index (χ4n) is 1.91. The van der Waals surface area contributed by atoms with Gasteiger partial charge in [-0.2, -0.15) is 0 Å². The van der Waals surface area contributed by atoms with Crippen LogP contribution in [0.15, 0.2) is 45.9 Å². The van der Waals surface area contributed by atoms with Crippen LogP contribution in [0.1, 0.15) is 6.42 Å². The highest BCUT2D eigenvalue weighted by Gasteiger charge is 2.19. The lowest BCUT2D eigenvalue weighted by atomic mass is 10.3. The second kappa shape index (κ2) is 9.06. The average molecular weight is 465 g/mol. The molecule has 0 saturated carbocycles. The summed E-state index contributed by atoms with van der Waals surface area (Å²) in [5.74, 6) is 0.444. The van der Waals surface area contributed by atoms with Gasteiger partial charge in [-0.3, -0.25) is 4.72 Å². The Morgan fingerprint density at radius 3 is 2.85 bits per heavy atom. The van der Waals surface area contributed by atoms with Crippen LogP contribution in [0.5, 0.6) is 5.75 Å². The number of carbonyl (C=O) groups is 1. The Kier molecular flexibility index (Phi) is 7.06. The van der Waals surface area contributed by atoms with Crippen LogP contribution in [-0.2, 0) is 10.0 Å². The van der Waals surface area contributed by atoms with Gasteiger partial charge in [-0.05, 0) is 40.5 Å². The molecule has 0 bridgehead atoms. The van der Waals surface area contributed by atoms with E-state index in [-0.39, 0.29) is 23.2 Å². The quantitative estimate of drug-likeness (QED) is 0.407. The molecule has 0 fully saturated rings. The lowest BCUT2D eigenvalue weighted by molar-refractivity contribution is 0.193. The van der Waals surface area contributed by atoms with Crippen LogP contribution in [0.4, 0.5) is 10.5 Å². The van der Waals surface area contributed by atoms with Gasteiger partial charge in [-0.15, -0.1) is 0 Å². The third-order valence-corrected chi connectivity index (χ3v) is 5.26. The second-order valence-corrected chi connectivity index (χ2v) is 7.93. The van der Waals surface area contributed by atoms with Crippen LogP contribution in [-0.4, -0.2) is 37.8 Å². The zero-order valence-corrected chi connectivity index (χ0v) is 16.4. The number of nitrogens with one attached hydrogen (secondary N) is 2. The van der Waals surface area contributed by atoms with Gasteiger partial charge in [0.15, 0.2) is 0 Å². The molecule has 2 rings (SSSR count). The van der Waals surface area contributed by atoms with Crippen molar-refractivity contribution >= 4 is 49.3 Å². The predicted octanol–water partition coefficient (Wildman–Crippen LogP) is 3.33.